The van der Waals surface area contributed by atoms with E-state index in [1.807, 2.05) is 5.38 Å². The Morgan fingerprint density at radius 1 is 1.22 bits per heavy atom. The van der Waals surface area contributed by atoms with Crippen molar-refractivity contribution in [3.8, 4) is 11.3 Å². The predicted octanol–water partition coefficient (Wildman–Crippen LogP) is 3.53. The zero-order valence-corrected chi connectivity index (χ0v) is 11.5. The van der Waals surface area contributed by atoms with E-state index in [0.29, 0.717) is 0 Å². The predicted molar refractivity (Wildman–Crippen MR) is 74.8 cm³/mol. The van der Waals surface area contributed by atoms with Crippen molar-refractivity contribution in [3.63, 3.8) is 0 Å². The molecule has 0 fully saturated rings. The maximum Gasteiger partial charge on any atom is 0.124 e. The normalized spacial score (nSPS) is 14.8. The molecule has 94 valence electrons. The Bertz CT molecular complexity index is 580. The van der Waals surface area contributed by atoms with E-state index < -0.39 is 5.60 Å². The molecule has 0 aliphatic heterocycles. The molecule has 0 spiro atoms. The van der Waals surface area contributed by atoms with Gasteiger partial charge in [0.2, 0.25) is 0 Å². The number of nitrogens with zero attached hydrogens (tertiary/aromatic N) is 1. The minimum atomic E-state index is -0.848. The number of rotatable bonds is 2. The van der Waals surface area contributed by atoms with Crippen LogP contribution >= 0.6 is 11.3 Å². The van der Waals surface area contributed by atoms with Crippen LogP contribution in [0, 0.1) is 0 Å². The van der Waals surface area contributed by atoms with Crippen LogP contribution in [0.3, 0.4) is 0 Å². The summed E-state index contributed by atoms with van der Waals surface area (Å²) >= 11 is 1.52. The van der Waals surface area contributed by atoms with Crippen molar-refractivity contribution in [1.29, 1.82) is 0 Å². The first-order valence-electron chi connectivity index (χ1n) is 6.34. The van der Waals surface area contributed by atoms with Gasteiger partial charge < -0.3 is 5.11 Å². The number of hydrogen-bond acceptors (Lipinski definition) is 3. The molecule has 1 aliphatic carbocycles. The lowest BCUT2D eigenvalue weighted by molar-refractivity contribution is 0.0783. The average molecular weight is 259 g/mol. The highest BCUT2D eigenvalue weighted by molar-refractivity contribution is 7.10. The first kappa shape index (κ1) is 11.9. The van der Waals surface area contributed by atoms with Gasteiger partial charge in [-0.25, -0.2) is 4.98 Å². The fourth-order valence-electron chi connectivity index (χ4n) is 2.42. The molecule has 0 unspecified atom stereocenters. The van der Waals surface area contributed by atoms with Crippen molar-refractivity contribution in [2.24, 2.45) is 0 Å². The minimum Gasteiger partial charge on any atom is -0.383 e. The molecule has 3 rings (SSSR count). The van der Waals surface area contributed by atoms with Gasteiger partial charge in [0.25, 0.3) is 0 Å². The van der Waals surface area contributed by atoms with Gasteiger partial charge >= 0.3 is 0 Å². The van der Waals surface area contributed by atoms with Gasteiger partial charge in [-0.3, -0.25) is 0 Å². The number of benzene rings is 1. The molecule has 2 nitrogen and oxygen atoms in total. The Labute approximate surface area is 111 Å². The van der Waals surface area contributed by atoms with Crippen molar-refractivity contribution in [2.45, 2.75) is 38.7 Å². The van der Waals surface area contributed by atoms with Crippen LogP contribution in [0.2, 0.25) is 0 Å². The molecule has 0 radical (unpaired) electrons. The fourth-order valence-corrected chi connectivity index (χ4v) is 3.27. The van der Waals surface area contributed by atoms with E-state index in [9.17, 15) is 5.11 Å². The van der Waals surface area contributed by atoms with Gasteiger partial charge in [-0.1, -0.05) is 12.1 Å². The van der Waals surface area contributed by atoms with Crippen molar-refractivity contribution in [3.05, 3.63) is 39.7 Å². The second kappa shape index (κ2) is 4.18. The SMILES string of the molecule is CC(C)(O)c1nc(-c2ccc3c(c2)CCC3)cs1. The van der Waals surface area contributed by atoms with Gasteiger partial charge in [0.15, 0.2) is 0 Å². The Morgan fingerprint density at radius 3 is 2.72 bits per heavy atom. The number of fused-ring (bicyclic) bond motifs is 1. The van der Waals surface area contributed by atoms with Crippen molar-refractivity contribution in [2.75, 3.05) is 0 Å². The van der Waals surface area contributed by atoms with Gasteiger partial charge in [0.05, 0.1) is 5.69 Å². The second-order valence-corrected chi connectivity index (χ2v) is 6.29. The Hall–Kier alpha value is -1.19. The molecule has 18 heavy (non-hydrogen) atoms. The lowest BCUT2D eigenvalue weighted by Crippen LogP contribution is -2.14. The van der Waals surface area contributed by atoms with Crippen molar-refractivity contribution < 1.29 is 5.11 Å². The molecule has 0 saturated heterocycles. The van der Waals surface area contributed by atoms with Gasteiger partial charge in [-0.05, 0) is 50.3 Å². The van der Waals surface area contributed by atoms with E-state index in [0.717, 1.165) is 10.7 Å². The van der Waals surface area contributed by atoms with Crippen LogP contribution in [0.25, 0.3) is 11.3 Å². The largest absolute Gasteiger partial charge is 0.383 e. The van der Waals surface area contributed by atoms with Gasteiger partial charge in [0.1, 0.15) is 10.6 Å². The number of hydrogen-bond donors (Lipinski definition) is 1. The summed E-state index contributed by atoms with van der Waals surface area (Å²) in [5.41, 5.74) is 4.25. The van der Waals surface area contributed by atoms with Gasteiger partial charge in [-0.15, -0.1) is 11.3 Å². The number of aliphatic hydroxyl groups is 1. The summed E-state index contributed by atoms with van der Waals surface area (Å²) in [6, 6.07) is 6.62. The average Bonchev–Trinajstić information content (AvgIpc) is 2.96. The van der Waals surface area contributed by atoms with Crippen LogP contribution in [0.1, 0.15) is 36.4 Å². The van der Waals surface area contributed by atoms with E-state index in [2.05, 4.69) is 23.2 Å². The van der Waals surface area contributed by atoms with Crippen LogP contribution in [0.4, 0.5) is 0 Å². The third kappa shape index (κ3) is 2.08. The smallest absolute Gasteiger partial charge is 0.124 e. The zero-order chi connectivity index (χ0) is 12.8. The van der Waals surface area contributed by atoms with Crippen LogP contribution in [0.5, 0.6) is 0 Å². The molecular formula is C15H17NOS. The molecule has 0 amide bonds. The summed E-state index contributed by atoms with van der Waals surface area (Å²) in [7, 11) is 0. The van der Waals surface area contributed by atoms with E-state index in [1.54, 1.807) is 13.8 Å². The highest BCUT2D eigenvalue weighted by Gasteiger charge is 2.21. The lowest BCUT2D eigenvalue weighted by atomic mass is 10.0. The highest BCUT2D eigenvalue weighted by Crippen LogP contribution is 2.31. The Kier molecular flexibility index (Phi) is 2.76. The topological polar surface area (TPSA) is 33.1 Å². The van der Waals surface area contributed by atoms with E-state index in [1.165, 1.54) is 47.3 Å². The van der Waals surface area contributed by atoms with E-state index in [-0.39, 0.29) is 0 Å². The molecule has 1 aromatic carbocycles. The molecule has 3 heteroatoms. The van der Waals surface area contributed by atoms with Crippen LogP contribution in [-0.4, -0.2) is 10.1 Å². The summed E-state index contributed by atoms with van der Waals surface area (Å²) in [6.07, 6.45) is 3.66. The number of aromatic nitrogens is 1. The Balaban J connectivity index is 1.98. The van der Waals surface area contributed by atoms with Crippen LogP contribution < -0.4 is 0 Å². The van der Waals surface area contributed by atoms with Gasteiger partial charge in [0, 0.05) is 10.9 Å². The van der Waals surface area contributed by atoms with Crippen LogP contribution in [0.15, 0.2) is 23.6 Å². The van der Waals surface area contributed by atoms with Crippen LogP contribution in [-0.2, 0) is 18.4 Å². The van der Waals surface area contributed by atoms with Crippen molar-refractivity contribution in [1.82, 2.24) is 4.98 Å². The van der Waals surface area contributed by atoms with E-state index >= 15 is 0 Å². The minimum absolute atomic E-state index is 0.776. The molecule has 1 N–H and O–H groups in total. The number of thiazole rings is 1. The first-order chi connectivity index (χ1) is 8.54. The maximum absolute atomic E-state index is 9.95. The molecule has 0 bridgehead atoms. The third-order valence-corrected chi connectivity index (χ3v) is 4.58. The summed E-state index contributed by atoms with van der Waals surface area (Å²) in [5, 5.41) is 12.8. The molecule has 0 atom stereocenters. The van der Waals surface area contributed by atoms with Crippen molar-refractivity contribution >= 4 is 11.3 Å². The quantitative estimate of drug-likeness (QED) is 0.895. The monoisotopic (exact) mass is 259 g/mol. The summed E-state index contributed by atoms with van der Waals surface area (Å²) < 4.78 is 0. The number of aryl methyl sites for hydroxylation is 2. The summed E-state index contributed by atoms with van der Waals surface area (Å²) in [4.78, 5) is 4.55. The standard InChI is InChI=1S/C15H17NOS/c1-15(2,17)14-16-13(9-18-14)12-7-6-10-4-3-5-11(10)8-12/h6-9,17H,3-5H2,1-2H3. The summed E-state index contributed by atoms with van der Waals surface area (Å²) in [5.74, 6) is 0. The van der Waals surface area contributed by atoms with E-state index in [4.69, 9.17) is 0 Å². The lowest BCUT2D eigenvalue weighted by Gasteiger charge is -2.12. The zero-order valence-electron chi connectivity index (χ0n) is 10.7. The first-order valence-corrected chi connectivity index (χ1v) is 7.22. The molecular weight excluding hydrogens is 242 g/mol. The second-order valence-electron chi connectivity index (χ2n) is 5.43. The molecule has 1 heterocycles. The molecule has 1 aromatic heterocycles. The third-order valence-electron chi connectivity index (χ3n) is 3.42. The molecule has 2 aromatic rings. The summed E-state index contributed by atoms with van der Waals surface area (Å²) in [6.45, 7) is 3.55. The highest BCUT2D eigenvalue weighted by atomic mass is 32.1. The Morgan fingerprint density at radius 2 is 2.00 bits per heavy atom. The fraction of sp³-hybridized carbons (Fsp3) is 0.400. The molecule has 1 aliphatic rings. The maximum atomic E-state index is 9.95. The molecule has 0 saturated carbocycles. The van der Waals surface area contributed by atoms with Gasteiger partial charge in [-0.2, -0.15) is 0 Å².